The molecule has 3 aromatic heterocycles. The first-order chi connectivity index (χ1) is 18.7. The number of nitrogens with one attached hydrogen (secondary N) is 2. The van der Waals surface area contributed by atoms with E-state index < -0.39 is 58.0 Å². The maximum absolute atomic E-state index is 14.9. The number of aromatic nitrogens is 5. The van der Waals surface area contributed by atoms with E-state index in [2.05, 4.69) is 20.4 Å². The van der Waals surface area contributed by atoms with Gasteiger partial charge in [0.1, 0.15) is 22.8 Å². The normalized spacial score (nSPS) is 13.0. The standard InChI is InChI=1S/C24H20F7N7O2/c1-11(35-17-10-34-37-21(39)18(17)24(29,30)31)3-2-5-38-6-4-12-7-14(16(25)8-13(12)22(38)40)20-33-9-15(19(32)36-20)23(26,27)28/h4,6-11H,2-3,5H2,1H3,(H2,32,33,36)(H2,35,37,39)/t11-/m0/s1. The highest BCUT2D eigenvalue weighted by Crippen LogP contribution is 2.34. The maximum atomic E-state index is 14.9. The molecule has 0 unspecified atom stereocenters. The van der Waals surface area contributed by atoms with Crippen molar-refractivity contribution in [3.63, 3.8) is 0 Å². The third-order valence-electron chi connectivity index (χ3n) is 6.01. The summed E-state index contributed by atoms with van der Waals surface area (Å²) in [4.78, 5) is 31.7. The molecule has 40 heavy (non-hydrogen) atoms. The van der Waals surface area contributed by atoms with Crippen molar-refractivity contribution in [3.05, 3.63) is 74.4 Å². The Morgan fingerprint density at radius 3 is 2.48 bits per heavy atom. The van der Waals surface area contributed by atoms with Crippen molar-refractivity contribution in [2.45, 2.75) is 44.7 Å². The largest absolute Gasteiger partial charge is 0.423 e. The van der Waals surface area contributed by atoms with Crippen LogP contribution in [-0.2, 0) is 18.9 Å². The number of nitrogen functional groups attached to an aromatic ring is 1. The Bertz CT molecular complexity index is 1680. The molecular formula is C24H20F7N7O2. The van der Waals surface area contributed by atoms with Crippen molar-refractivity contribution in [1.29, 1.82) is 0 Å². The number of benzene rings is 1. The summed E-state index contributed by atoms with van der Waals surface area (Å²) in [7, 11) is 0. The van der Waals surface area contributed by atoms with Crippen LogP contribution in [0.2, 0.25) is 0 Å². The molecule has 0 radical (unpaired) electrons. The number of fused-ring (bicyclic) bond motifs is 1. The van der Waals surface area contributed by atoms with Gasteiger partial charge in [-0.2, -0.15) is 31.4 Å². The minimum Gasteiger partial charge on any atom is -0.383 e. The monoisotopic (exact) mass is 571 g/mol. The van der Waals surface area contributed by atoms with Crippen molar-refractivity contribution in [1.82, 2.24) is 24.7 Å². The predicted octanol–water partition coefficient (Wildman–Crippen LogP) is 4.58. The topological polar surface area (TPSA) is 132 Å². The molecule has 4 N–H and O–H groups in total. The summed E-state index contributed by atoms with van der Waals surface area (Å²) in [5, 5.41) is 8.01. The molecule has 16 heteroatoms. The van der Waals surface area contributed by atoms with E-state index in [-0.39, 0.29) is 28.7 Å². The van der Waals surface area contributed by atoms with Crippen LogP contribution in [0.3, 0.4) is 0 Å². The van der Waals surface area contributed by atoms with E-state index in [9.17, 15) is 40.3 Å². The molecule has 0 fully saturated rings. The number of nitrogens with two attached hydrogens (primary N) is 1. The first kappa shape index (κ1) is 28.5. The fourth-order valence-electron chi connectivity index (χ4n) is 4.09. The van der Waals surface area contributed by atoms with Gasteiger partial charge in [0, 0.05) is 25.0 Å². The van der Waals surface area contributed by atoms with Crippen LogP contribution in [0.1, 0.15) is 30.9 Å². The number of hydrogen-bond donors (Lipinski definition) is 3. The van der Waals surface area contributed by atoms with E-state index in [0.717, 1.165) is 12.3 Å². The summed E-state index contributed by atoms with van der Waals surface area (Å²) in [5.41, 5.74) is 0.0473. The molecule has 9 nitrogen and oxygen atoms in total. The Hall–Kier alpha value is -4.50. The van der Waals surface area contributed by atoms with Crippen LogP contribution in [0.15, 0.2) is 46.4 Å². The van der Waals surface area contributed by atoms with Gasteiger partial charge in [0.15, 0.2) is 5.82 Å². The average Bonchev–Trinajstić information content (AvgIpc) is 2.84. The van der Waals surface area contributed by atoms with E-state index in [4.69, 9.17) is 5.73 Å². The molecule has 1 aromatic carbocycles. The Kier molecular flexibility index (Phi) is 7.54. The molecule has 0 bridgehead atoms. The highest BCUT2D eigenvalue weighted by Gasteiger charge is 2.37. The number of H-pyrrole nitrogens is 1. The van der Waals surface area contributed by atoms with Gasteiger partial charge >= 0.3 is 12.4 Å². The second-order valence-electron chi connectivity index (χ2n) is 8.90. The Labute approximate surface area is 219 Å². The van der Waals surface area contributed by atoms with Crippen LogP contribution < -0.4 is 22.2 Å². The van der Waals surface area contributed by atoms with Gasteiger partial charge in [-0.25, -0.2) is 19.5 Å². The summed E-state index contributed by atoms with van der Waals surface area (Å²) in [5.74, 6) is -2.22. The van der Waals surface area contributed by atoms with Crippen LogP contribution >= 0.6 is 0 Å². The predicted molar refractivity (Wildman–Crippen MR) is 131 cm³/mol. The fraction of sp³-hybridized carbons (Fsp3) is 0.292. The number of pyridine rings is 1. The SMILES string of the molecule is C[C@@H](CCCn1ccc2cc(-c3ncc(C(F)(F)F)c(N)n3)c(F)cc2c1=O)Nc1cn[nH]c(=O)c1C(F)(F)F. The van der Waals surface area contributed by atoms with Gasteiger partial charge in [0.25, 0.3) is 11.1 Å². The van der Waals surface area contributed by atoms with Gasteiger partial charge in [-0.3, -0.25) is 9.59 Å². The minimum absolute atomic E-state index is 0.0146. The van der Waals surface area contributed by atoms with Crippen LogP contribution in [0.5, 0.6) is 0 Å². The molecule has 0 aliphatic rings. The van der Waals surface area contributed by atoms with Gasteiger partial charge in [-0.1, -0.05) is 0 Å². The quantitative estimate of drug-likeness (QED) is 0.277. The third kappa shape index (κ3) is 5.89. The van der Waals surface area contributed by atoms with Crippen LogP contribution in [0, 0.1) is 5.82 Å². The first-order valence-corrected chi connectivity index (χ1v) is 11.6. The molecule has 4 aromatic rings. The molecule has 0 amide bonds. The van der Waals surface area contributed by atoms with Crippen molar-refractivity contribution < 1.29 is 30.7 Å². The number of nitrogens with zero attached hydrogens (tertiary/aromatic N) is 4. The van der Waals surface area contributed by atoms with Crippen molar-refractivity contribution >= 4 is 22.3 Å². The molecule has 4 rings (SSSR count). The van der Waals surface area contributed by atoms with E-state index in [0.29, 0.717) is 19.0 Å². The van der Waals surface area contributed by atoms with Crippen LogP contribution in [-0.4, -0.2) is 30.8 Å². The lowest BCUT2D eigenvalue weighted by atomic mass is 10.1. The molecule has 3 heterocycles. The molecule has 0 aliphatic heterocycles. The third-order valence-corrected chi connectivity index (χ3v) is 6.01. The van der Waals surface area contributed by atoms with Gasteiger partial charge in [-0.15, -0.1) is 0 Å². The zero-order valence-electron chi connectivity index (χ0n) is 20.5. The molecule has 1 atom stereocenters. The van der Waals surface area contributed by atoms with Crippen LogP contribution in [0.4, 0.5) is 42.2 Å². The number of hydrogen-bond acceptors (Lipinski definition) is 7. The second-order valence-corrected chi connectivity index (χ2v) is 8.90. The number of halogens is 7. The molecule has 0 aliphatic carbocycles. The zero-order chi connectivity index (χ0) is 29.4. The van der Waals surface area contributed by atoms with Gasteiger partial charge in [0.2, 0.25) is 0 Å². The van der Waals surface area contributed by atoms with E-state index in [1.807, 2.05) is 0 Å². The first-order valence-electron chi connectivity index (χ1n) is 11.6. The maximum Gasteiger partial charge on any atom is 0.423 e. The summed E-state index contributed by atoms with van der Waals surface area (Å²) < 4.78 is 94.6. The Balaban J connectivity index is 1.50. The average molecular weight is 571 g/mol. The summed E-state index contributed by atoms with van der Waals surface area (Å²) in [6.45, 7) is 1.74. The highest BCUT2D eigenvalue weighted by atomic mass is 19.4. The van der Waals surface area contributed by atoms with E-state index >= 15 is 0 Å². The summed E-state index contributed by atoms with van der Waals surface area (Å²) in [6, 6.07) is 3.10. The van der Waals surface area contributed by atoms with Gasteiger partial charge < -0.3 is 15.6 Å². The van der Waals surface area contributed by atoms with E-state index in [1.54, 1.807) is 12.0 Å². The lowest BCUT2D eigenvalue weighted by Gasteiger charge is -2.18. The molecule has 212 valence electrons. The zero-order valence-corrected chi connectivity index (χ0v) is 20.5. The lowest BCUT2D eigenvalue weighted by Crippen LogP contribution is -2.27. The fourth-order valence-corrected chi connectivity index (χ4v) is 4.09. The van der Waals surface area contributed by atoms with Crippen molar-refractivity contribution in [2.24, 2.45) is 0 Å². The van der Waals surface area contributed by atoms with Gasteiger partial charge in [0.05, 0.1) is 22.8 Å². The number of aryl methyl sites for hydroxylation is 1. The second kappa shape index (κ2) is 10.6. The van der Waals surface area contributed by atoms with E-state index in [1.165, 1.54) is 22.9 Å². The smallest absolute Gasteiger partial charge is 0.383 e. The molecule has 0 saturated heterocycles. The van der Waals surface area contributed by atoms with Crippen molar-refractivity contribution in [2.75, 3.05) is 11.1 Å². The summed E-state index contributed by atoms with van der Waals surface area (Å²) in [6.07, 6.45) is -6.31. The number of alkyl halides is 6. The number of aromatic amines is 1. The van der Waals surface area contributed by atoms with Gasteiger partial charge in [-0.05, 0) is 43.4 Å². The summed E-state index contributed by atoms with van der Waals surface area (Å²) >= 11 is 0. The molecule has 0 saturated carbocycles. The number of anilines is 2. The molecule has 0 spiro atoms. The molecular weight excluding hydrogens is 551 g/mol. The minimum atomic E-state index is -4.89. The highest BCUT2D eigenvalue weighted by molar-refractivity contribution is 5.86. The number of rotatable bonds is 7. The Morgan fingerprint density at radius 1 is 1.10 bits per heavy atom. The van der Waals surface area contributed by atoms with Crippen LogP contribution in [0.25, 0.3) is 22.2 Å². The lowest BCUT2D eigenvalue weighted by molar-refractivity contribution is -0.138. The van der Waals surface area contributed by atoms with Crippen molar-refractivity contribution in [3.8, 4) is 11.4 Å². The Morgan fingerprint density at radius 2 is 1.82 bits per heavy atom.